The van der Waals surface area contributed by atoms with Crippen LogP contribution in [0.4, 0.5) is 5.69 Å². The van der Waals surface area contributed by atoms with Gasteiger partial charge in [-0.3, -0.25) is 0 Å². The van der Waals surface area contributed by atoms with E-state index in [0.717, 1.165) is 17.9 Å². The molecule has 0 aliphatic heterocycles. The van der Waals surface area contributed by atoms with Crippen LogP contribution in [0.1, 0.15) is 12.0 Å². The molecule has 0 heterocycles. The quantitative estimate of drug-likeness (QED) is 0.626. The lowest BCUT2D eigenvalue weighted by Crippen LogP contribution is -2.06. The Morgan fingerprint density at radius 3 is 2.24 bits per heavy atom. The van der Waals surface area contributed by atoms with Crippen molar-refractivity contribution in [3.63, 3.8) is 0 Å². The number of methoxy groups -OCH3 is 1. The molecule has 0 amide bonds. The number of benzene rings is 2. The molecule has 0 aliphatic carbocycles. The topological polar surface area (TPSA) is 53.7 Å². The molecule has 0 atom stereocenters. The molecular formula is C17H21NO3. The Morgan fingerprint density at radius 2 is 1.57 bits per heavy atom. The van der Waals surface area contributed by atoms with Crippen LogP contribution in [0.3, 0.4) is 0 Å². The van der Waals surface area contributed by atoms with Gasteiger partial charge in [0.25, 0.3) is 0 Å². The van der Waals surface area contributed by atoms with E-state index in [2.05, 4.69) is 6.92 Å². The van der Waals surface area contributed by atoms with Gasteiger partial charge in [0.05, 0.1) is 26.0 Å². The van der Waals surface area contributed by atoms with Gasteiger partial charge in [0.1, 0.15) is 17.2 Å². The molecule has 0 saturated heterocycles. The van der Waals surface area contributed by atoms with Gasteiger partial charge in [-0.05, 0) is 31.2 Å². The highest BCUT2D eigenvalue weighted by atomic mass is 16.5. The first-order valence-corrected chi connectivity index (χ1v) is 6.95. The van der Waals surface area contributed by atoms with Gasteiger partial charge in [-0.25, -0.2) is 0 Å². The standard InChI is InChI=1S/C17H21NO3/c1-13-4-6-14(7-5-13)20-10-3-11-21-17-9-8-15(19-2)12-16(17)18/h4-9,12H,3,10-11,18H2,1-2H3. The maximum Gasteiger partial charge on any atom is 0.142 e. The van der Waals surface area contributed by atoms with Crippen molar-refractivity contribution in [3.05, 3.63) is 48.0 Å². The molecule has 0 spiro atoms. The van der Waals surface area contributed by atoms with Crippen molar-refractivity contribution in [3.8, 4) is 17.2 Å². The highest BCUT2D eigenvalue weighted by Gasteiger charge is 2.02. The van der Waals surface area contributed by atoms with Crippen LogP contribution in [0.25, 0.3) is 0 Å². The van der Waals surface area contributed by atoms with Gasteiger partial charge in [-0.1, -0.05) is 17.7 Å². The van der Waals surface area contributed by atoms with Crippen molar-refractivity contribution in [2.75, 3.05) is 26.1 Å². The first-order valence-electron chi connectivity index (χ1n) is 6.95. The SMILES string of the molecule is COc1ccc(OCCCOc2ccc(C)cc2)c(N)c1. The smallest absolute Gasteiger partial charge is 0.142 e. The minimum atomic E-state index is 0.558. The molecule has 4 nitrogen and oxygen atoms in total. The van der Waals surface area contributed by atoms with Crippen molar-refractivity contribution in [1.29, 1.82) is 0 Å². The zero-order valence-electron chi connectivity index (χ0n) is 12.5. The minimum absolute atomic E-state index is 0.558. The number of hydrogen-bond acceptors (Lipinski definition) is 4. The number of anilines is 1. The van der Waals surface area contributed by atoms with Crippen LogP contribution in [0.5, 0.6) is 17.2 Å². The summed E-state index contributed by atoms with van der Waals surface area (Å²) in [4.78, 5) is 0. The molecule has 0 aliphatic rings. The molecule has 2 aromatic rings. The van der Waals surface area contributed by atoms with Crippen LogP contribution >= 0.6 is 0 Å². The monoisotopic (exact) mass is 287 g/mol. The van der Waals surface area contributed by atoms with E-state index in [9.17, 15) is 0 Å². The van der Waals surface area contributed by atoms with Gasteiger partial charge in [0.2, 0.25) is 0 Å². The van der Waals surface area contributed by atoms with E-state index in [-0.39, 0.29) is 0 Å². The second-order valence-corrected chi connectivity index (χ2v) is 4.77. The maximum atomic E-state index is 5.88. The summed E-state index contributed by atoms with van der Waals surface area (Å²) in [6.45, 7) is 3.22. The third-order valence-corrected chi connectivity index (χ3v) is 3.05. The first-order chi connectivity index (χ1) is 10.2. The lowest BCUT2D eigenvalue weighted by molar-refractivity contribution is 0.248. The zero-order chi connectivity index (χ0) is 15.1. The number of aryl methyl sites for hydroxylation is 1. The van der Waals surface area contributed by atoms with Crippen molar-refractivity contribution in [2.24, 2.45) is 0 Å². The molecule has 112 valence electrons. The largest absolute Gasteiger partial charge is 0.497 e. The maximum absolute atomic E-state index is 5.88. The second kappa shape index (κ2) is 7.43. The number of rotatable bonds is 7. The number of nitrogens with two attached hydrogens (primary N) is 1. The average molecular weight is 287 g/mol. The summed E-state index contributed by atoms with van der Waals surface area (Å²) in [5, 5.41) is 0. The fourth-order valence-corrected chi connectivity index (χ4v) is 1.85. The number of ether oxygens (including phenoxy) is 3. The van der Waals surface area contributed by atoms with Crippen molar-refractivity contribution in [1.82, 2.24) is 0 Å². The molecule has 2 rings (SSSR count). The van der Waals surface area contributed by atoms with E-state index in [1.807, 2.05) is 36.4 Å². The summed E-state index contributed by atoms with van der Waals surface area (Å²) in [6, 6.07) is 13.4. The average Bonchev–Trinajstić information content (AvgIpc) is 2.50. The van der Waals surface area contributed by atoms with Gasteiger partial charge in [-0.2, -0.15) is 0 Å². The highest BCUT2D eigenvalue weighted by molar-refractivity contribution is 5.56. The van der Waals surface area contributed by atoms with Gasteiger partial charge in [0.15, 0.2) is 0 Å². The van der Waals surface area contributed by atoms with Crippen LogP contribution < -0.4 is 19.9 Å². The summed E-state index contributed by atoms with van der Waals surface area (Å²) >= 11 is 0. The molecule has 2 aromatic carbocycles. The van der Waals surface area contributed by atoms with Crippen molar-refractivity contribution >= 4 is 5.69 Å². The molecule has 0 bridgehead atoms. The number of hydrogen-bond donors (Lipinski definition) is 1. The van der Waals surface area contributed by atoms with E-state index in [0.29, 0.717) is 24.7 Å². The second-order valence-electron chi connectivity index (χ2n) is 4.77. The lowest BCUT2D eigenvalue weighted by Gasteiger charge is -2.10. The molecule has 0 aromatic heterocycles. The van der Waals surface area contributed by atoms with Gasteiger partial charge in [0, 0.05) is 12.5 Å². The Kier molecular flexibility index (Phi) is 5.32. The number of nitrogen functional groups attached to an aromatic ring is 1. The predicted molar refractivity (Wildman–Crippen MR) is 84.2 cm³/mol. The summed E-state index contributed by atoms with van der Waals surface area (Å²) in [6.07, 6.45) is 0.791. The van der Waals surface area contributed by atoms with E-state index < -0.39 is 0 Å². The summed E-state index contributed by atoms with van der Waals surface area (Å²) in [7, 11) is 1.61. The molecule has 0 saturated carbocycles. The molecule has 0 fully saturated rings. The summed E-state index contributed by atoms with van der Waals surface area (Å²) < 4.78 is 16.4. The van der Waals surface area contributed by atoms with Crippen LogP contribution in [0.2, 0.25) is 0 Å². The van der Waals surface area contributed by atoms with Gasteiger partial charge < -0.3 is 19.9 Å². The van der Waals surface area contributed by atoms with Crippen LogP contribution in [0, 0.1) is 6.92 Å². The van der Waals surface area contributed by atoms with E-state index in [1.54, 1.807) is 13.2 Å². The van der Waals surface area contributed by atoms with Crippen molar-refractivity contribution < 1.29 is 14.2 Å². The van der Waals surface area contributed by atoms with Crippen LogP contribution in [0.15, 0.2) is 42.5 Å². The van der Waals surface area contributed by atoms with Gasteiger partial charge in [-0.15, -0.1) is 0 Å². The fourth-order valence-electron chi connectivity index (χ4n) is 1.85. The first kappa shape index (κ1) is 15.0. The van der Waals surface area contributed by atoms with Crippen LogP contribution in [-0.4, -0.2) is 20.3 Å². The fraction of sp³-hybridized carbons (Fsp3) is 0.294. The highest BCUT2D eigenvalue weighted by Crippen LogP contribution is 2.26. The van der Waals surface area contributed by atoms with E-state index in [4.69, 9.17) is 19.9 Å². The van der Waals surface area contributed by atoms with E-state index >= 15 is 0 Å². The van der Waals surface area contributed by atoms with Gasteiger partial charge >= 0.3 is 0 Å². The summed E-state index contributed by atoms with van der Waals surface area (Å²) in [5.74, 6) is 2.28. The van der Waals surface area contributed by atoms with Crippen molar-refractivity contribution in [2.45, 2.75) is 13.3 Å². The van der Waals surface area contributed by atoms with Crippen LogP contribution in [-0.2, 0) is 0 Å². The third-order valence-electron chi connectivity index (χ3n) is 3.05. The Balaban J connectivity index is 1.71. The molecule has 4 heteroatoms. The predicted octanol–water partition coefficient (Wildman–Crippen LogP) is 3.43. The molecule has 21 heavy (non-hydrogen) atoms. The Morgan fingerprint density at radius 1 is 0.905 bits per heavy atom. The molecular weight excluding hydrogens is 266 g/mol. The Bertz CT molecular complexity index is 567. The minimum Gasteiger partial charge on any atom is -0.497 e. The molecule has 2 N–H and O–H groups in total. The Hall–Kier alpha value is -2.36. The molecule has 0 unspecified atom stereocenters. The zero-order valence-corrected chi connectivity index (χ0v) is 12.5. The summed E-state index contributed by atoms with van der Waals surface area (Å²) in [5.41, 5.74) is 7.68. The third kappa shape index (κ3) is 4.60. The lowest BCUT2D eigenvalue weighted by atomic mass is 10.2. The normalized spacial score (nSPS) is 10.2. The van der Waals surface area contributed by atoms with E-state index in [1.165, 1.54) is 5.56 Å². The Labute approximate surface area is 125 Å². The molecule has 0 radical (unpaired) electrons.